The van der Waals surface area contributed by atoms with Crippen molar-refractivity contribution in [2.24, 2.45) is 0 Å². The number of halogens is 1. The number of allylic oxidation sites excluding steroid dienone is 1. The maximum absolute atomic E-state index is 13.4. The van der Waals surface area contributed by atoms with Gasteiger partial charge in [-0.05, 0) is 55.5 Å². The van der Waals surface area contributed by atoms with Crippen LogP contribution in [0, 0.1) is 5.82 Å². The van der Waals surface area contributed by atoms with Crippen LogP contribution in [-0.2, 0) is 9.53 Å². The van der Waals surface area contributed by atoms with Crippen molar-refractivity contribution in [3.63, 3.8) is 0 Å². The van der Waals surface area contributed by atoms with E-state index in [1.54, 1.807) is 13.0 Å². The molecule has 0 saturated carbocycles. The number of ether oxygens (including phenoxy) is 2. The first-order valence-electron chi connectivity index (χ1n) is 7.03. The molecule has 2 aliphatic rings. The van der Waals surface area contributed by atoms with Crippen LogP contribution >= 0.6 is 0 Å². The highest BCUT2D eigenvalue weighted by atomic mass is 19.1. The minimum atomic E-state index is -0.260. The number of carbonyl (C=O) groups excluding carboxylic acids is 1. The third-order valence-electron chi connectivity index (χ3n) is 3.84. The summed E-state index contributed by atoms with van der Waals surface area (Å²) in [5, 5.41) is 0. The lowest BCUT2D eigenvalue weighted by molar-refractivity contribution is -0.144. The molecule has 1 aliphatic carbocycles. The topological polar surface area (TPSA) is 35.5 Å². The Morgan fingerprint density at radius 1 is 1.45 bits per heavy atom. The van der Waals surface area contributed by atoms with Gasteiger partial charge in [0, 0.05) is 5.56 Å². The molecule has 0 fully saturated rings. The van der Waals surface area contributed by atoms with Gasteiger partial charge in [-0.3, -0.25) is 4.79 Å². The third-order valence-corrected chi connectivity index (χ3v) is 3.84. The number of esters is 1. The molecule has 0 amide bonds. The van der Waals surface area contributed by atoms with Gasteiger partial charge in [0.15, 0.2) is 0 Å². The standard InChI is InChI=1S/C16H17FO3/c1-2-19-16(18)9-15-12-5-3-4-11(12)13-8-10(17)6-7-14(13)20-15/h6-8,15H,2-5,9H2,1H3. The number of fused-ring (bicyclic) bond motifs is 2. The highest BCUT2D eigenvalue weighted by Crippen LogP contribution is 2.45. The van der Waals surface area contributed by atoms with Gasteiger partial charge in [0.2, 0.25) is 0 Å². The van der Waals surface area contributed by atoms with Crippen molar-refractivity contribution in [2.45, 2.75) is 38.7 Å². The van der Waals surface area contributed by atoms with Crippen molar-refractivity contribution in [1.29, 1.82) is 0 Å². The molecule has 1 atom stereocenters. The lowest BCUT2D eigenvalue weighted by atomic mass is 9.93. The lowest BCUT2D eigenvalue weighted by Gasteiger charge is -2.28. The normalized spacial score (nSPS) is 20.2. The van der Waals surface area contributed by atoms with E-state index < -0.39 is 0 Å². The largest absolute Gasteiger partial charge is 0.485 e. The van der Waals surface area contributed by atoms with Crippen LogP contribution < -0.4 is 4.74 Å². The van der Waals surface area contributed by atoms with Gasteiger partial charge in [0.05, 0.1) is 13.0 Å². The molecule has 0 bridgehead atoms. The van der Waals surface area contributed by atoms with E-state index in [9.17, 15) is 9.18 Å². The van der Waals surface area contributed by atoms with Crippen molar-refractivity contribution >= 4 is 11.5 Å². The van der Waals surface area contributed by atoms with E-state index in [0.717, 1.165) is 36.0 Å². The summed E-state index contributed by atoms with van der Waals surface area (Å²) in [7, 11) is 0. The van der Waals surface area contributed by atoms with E-state index in [-0.39, 0.29) is 24.3 Å². The number of carbonyl (C=O) groups is 1. The predicted molar refractivity (Wildman–Crippen MR) is 72.8 cm³/mol. The van der Waals surface area contributed by atoms with Gasteiger partial charge in [0.25, 0.3) is 0 Å². The summed E-state index contributed by atoms with van der Waals surface area (Å²) in [5.74, 6) is 0.165. The Labute approximate surface area is 117 Å². The number of hydrogen-bond acceptors (Lipinski definition) is 3. The maximum Gasteiger partial charge on any atom is 0.309 e. The van der Waals surface area contributed by atoms with Gasteiger partial charge >= 0.3 is 5.97 Å². The van der Waals surface area contributed by atoms with E-state index in [2.05, 4.69) is 0 Å². The van der Waals surface area contributed by atoms with Gasteiger partial charge in [-0.2, -0.15) is 0 Å². The zero-order valence-corrected chi connectivity index (χ0v) is 11.4. The van der Waals surface area contributed by atoms with Crippen molar-refractivity contribution in [2.75, 3.05) is 6.61 Å². The molecule has 1 aromatic rings. The molecule has 0 radical (unpaired) electrons. The molecular formula is C16H17FO3. The van der Waals surface area contributed by atoms with Gasteiger partial charge in [-0.25, -0.2) is 4.39 Å². The molecule has 1 heterocycles. The van der Waals surface area contributed by atoms with Crippen LogP contribution in [-0.4, -0.2) is 18.7 Å². The maximum atomic E-state index is 13.4. The fraction of sp³-hybridized carbons (Fsp3) is 0.438. The van der Waals surface area contributed by atoms with Crippen LogP contribution in [0.2, 0.25) is 0 Å². The van der Waals surface area contributed by atoms with E-state index in [1.165, 1.54) is 12.1 Å². The highest BCUT2D eigenvalue weighted by Gasteiger charge is 2.33. The van der Waals surface area contributed by atoms with Crippen LogP contribution in [0.15, 0.2) is 23.8 Å². The number of benzene rings is 1. The summed E-state index contributed by atoms with van der Waals surface area (Å²) in [6, 6.07) is 4.56. The van der Waals surface area contributed by atoms with Gasteiger partial charge in [-0.15, -0.1) is 0 Å². The van der Waals surface area contributed by atoms with Crippen molar-refractivity contribution in [3.8, 4) is 5.75 Å². The van der Waals surface area contributed by atoms with Crippen molar-refractivity contribution in [1.82, 2.24) is 0 Å². The Kier molecular flexibility index (Phi) is 3.47. The van der Waals surface area contributed by atoms with Crippen LogP contribution in [0.25, 0.3) is 5.57 Å². The molecule has 3 rings (SSSR count). The fourth-order valence-electron chi connectivity index (χ4n) is 3.03. The average molecular weight is 276 g/mol. The minimum absolute atomic E-state index is 0.226. The van der Waals surface area contributed by atoms with E-state index in [0.29, 0.717) is 12.4 Å². The van der Waals surface area contributed by atoms with E-state index in [1.807, 2.05) is 0 Å². The van der Waals surface area contributed by atoms with Gasteiger partial charge in [0.1, 0.15) is 17.7 Å². The molecule has 106 valence electrons. The average Bonchev–Trinajstić information content (AvgIpc) is 2.89. The Morgan fingerprint density at radius 2 is 2.30 bits per heavy atom. The molecule has 0 saturated heterocycles. The summed E-state index contributed by atoms with van der Waals surface area (Å²) >= 11 is 0. The minimum Gasteiger partial charge on any atom is -0.485 e. The summed E-state index contributed by atoms with van der Waals surface area (Å²) in [6.07, 6.45) is 2.83. The van der Waals surface area contributed by atoms with Crippen LogP contribution in [0.4, 0.5) is 4.39 Å². The number of hydrogen-bond donors (Lipinski definition) is 0. The van der Waals surface area contributed by atoms with Crippen molar-refractivity contribution < 1.29 is 18.7 Å². The van der Waals surface area contributed by atoms with Crippen LogP contribution in [0.3, 0.4) is 0 Å². The first-order chi connectivity index (χ1) is 9.69. The molecule has 4 heteroatoms. The second-order valence-electron chi connectivity index (χ2n) is 5.11. The summed E-state index contributed by atoms with van der Waals surface area (Å²) in [4.78, 5) is 11.7. The first kappa shape index (κ1) is 13.2. The Hall–Kier alpha value is -1.84. The summed E-state index contributed by atoms with van der Waals surface area (Å²) in [6.45, 7) is 2.16. The predicted octanol–water partition coefficient (Wildman–Crippen LogP) is 3.48. The smallest absolute Gasteiger partial charge is 0.309 e. The highest BCUT2D eigenvalue weighted by molar-refractivity contribution is 5.79. The summed E-state index contributed by atoms with van der Waals surface area (Å²) in [5.41, 5.74) is 3.13. The van der Waals surface area contributed by atoms with E-state index >= 15 is 0 Å². The third kappa shape index (κ3) is 2.30. The Balaban J connectivity index is 1.91. The van der Waals surface area contributed by atoms with Crippen LogP contribution in [0.1, 0.15) is 38.2 Å². The lowest BCUT2D eigenvalue weighted by Crippen LogP contribution is -2.27. The Morgan fingerprint density at radius 3 is 3.10 bits per heavy atom. The molecule has 1 aromatic carbocycles. The van der Waals surface area contributed by atoms with Gasteiger partial charge < -0.3 is 9.47 Å². The number of rotatable bonds is 3. The fourth-order valence-corrected chi connectivity index (χ4v) is 3.03. The molecule has 1 aliphatic heterocycles. The zero-order chi connectivity index (χ0) is 14.1. The SMILES string of the molecule is CCOC(=O)CC1Oc2ccc(F)cc2C2=C1CCC2. The monoisotopic (exact) mass is 276 g/mol. The molecule has 0 aromatic heterocycles. The Bertz CT molecular complexity index is 577. The zero-order valence-electron chi connectivity index (χ0n) is 11.4. The quantitative estimate of drug-likeness (QED) is 0.793. The molecule has 0 spiro atoms. The van der Waals surface area contributed by atoms with Crippen LogP contribution in [0.5, 0.6) is 5.75 Å². The molecule has 3 nitrogen and oxygen atoms in total. The molecular weight excluding hydrogens is 259 g/mol. The molecule has 0 N–H and O–H groups in total. The summed E-state index contributed by atoms with van der Waals surface area (Å²) < 4.78 is 24.3. The second kappa shape index (κ2) is 5.27. The second-order valence-corrected chi connectivity index (χ2v) is 5.11. The molecule has 20 heavy (non-hydrogen) atoms. The van der Waals surface area contributed by atoms with Crippen molar-refractivity contribution in [3.05, 3.63) is 35.2 Å². The van der Waals surface area contributed by atoms with Gasteiger partial charge in [-0.1, -0.05) is 0 Å². The first-order valence-corrected chi connectivity index (χ1v) is 7.03. The molecule has 1 unspecified atom stereocenters. The van der Waals surface area contributed by atoms with E-state index in [4.69, 9.17) is 9.47 Å².